The van der Waals surface area contributed by atoms with Crippen molar-refractivity contribution in [1.29, 1.82) is 0 Å². The number of methoxy groups -OCH3 is 1. The largest absolute Gasteiger partial charge is 0.383 e. The van der Waals surface area contributed by atoms with Gasteiger partial charge in [0.25, 0.3) is 5.91 Å². The van der Waals surface area contributed by atoms with E-state index in [-0.39, 0.29) is 11.3 Å². The molecule has 7 nitrogen and oxygen atoms in total. The van der Waals surface area contributed by atoms with Crippen LogP contribution in [0, 0.1) is 12.3 Å². The number of ether oxygens (including phenoxy) is 2. The molecule has 1 aromatic heterocycles. The van der Waals surface area contributed by atoms with Gasteiger partial charge in [0.05, 0.1) is 19.8 Å². The minimum Gasteiger partial charge on any atom is -0.383 e. The molecular formula is C16H25N3O4. The quantitative estimate of drug-likeness (QED) is 0.816. The molecule has 7 heteroatoms. The minimum absolute atomic E-state index is 0.0126. The molecule has 0 saturated carbocycles. The second-order valence-electron chi connectivity index (χ2n) is 6.62. The minimum atomic E-state index is -0.0675. The summed E-state index contributed by atoms with van der Waals surface area (Å²) in [5.74, 6) is 0.586. The van der Waals surface area contributed by atoms with Crippen LogP contribution in [0.2, 0.25) is 0 Å². The van der Waals surface area contributed by atoms with Crippen molar-refractivity contribution in [2.75, 3.05) is 59.7 Å². The number of carbonyl (C=O) groups excluding carboxylic acids is 1. The Morgan fingerprint density at radius 3 is 3.04 bits per heavy atom. The summed E-state index contributed by atoms with van der Waals surface area (Å²) in [6.45, 7) is 8.01. The van der Waals surface area contributed by atoms with Crippen molar-refractivity contribution in [3.63, 3.8) is 0 Å². The van der Waals surface area contributed by atoms with Gasteiger partial charge in [-0.2, -0.15) is 0 Å². The third-order valence-electron chi connectivity index (χ3n) is 4.70. The van der Waals surface area contributed by atoms with Crippen LogP contribution >= 0.6 is 0 Å². The van der Waals surface area contributed by atoms with Crippen LogP contribution in [0.4, 0.5) is 0 Å². The highest BCUT2D eigenvalue weighted by Crippen LogP contribution is 2.33. The SMILES string of the molecule is COCCN1CCC2(COCCN(C(=O)c3cc(C)on3)C2)C1. The number of rotatable bonds is 4. The fourth-order valence-electron chi connectivity index (χ4n) is 3.48. The molecule has 1 spiro atoms. The van der Waals surface area contributed by atoms with Crippen molar-refractivity contribution in [2.45, 2.75) is 13.3 Å². The normalized spacial score (nSPS) is 25.9. The predicted molar refractivity (Wildman–Crippen MR) is 83.3 cm³/mol. The van der Waals surface area contributed by atoms with Gasteiger partial charge in [-0.1, -0.05) is 5.16 Å². The second kappa shape index (κ2) is 6.98. The number of aromatic nitrogens is 1. The summed E-state index contributed by atoms with van der Waals surface area (Å²) in [4.78, 5) is 16.9. The molecule has 2 saturated heterocycles. The van der Waals surface area contributed by atoms with E-state index in [1.165, 1.54) is 0 Å². The van der Waals surface area contributed by atoms with Gasteiger partial charge in [-0.3, -0.25) is 4.79 Å². The molecule has 3 heterocycles. The Bertz CT molecular complexity index is 547. The third-order valence-corrected chi connectivity index (χ3v) is 4.70. The Hall–Kier alpha value is -1.44. The molecule has 0 radical (unpaired) electrons. The summed E-state index contributed by atoms with van der Waals surface area (Å²) in [6, 6.07) is 1.69. The molecular weight excluding hydrogens is 298 g/mol. The van der Waals surface area contributed by atoms with Gasteiger partial charge in [0.1, 0.15) is 5.76 Å². The van der Waals surface area contributed by atoms with E-state index < -0.39 is 0 Å². The summed E-state index contributed by atoms with van der Waals surface area (Å²) < 4.78 is 16.0. The van der Waals surface area contributed by atoms with Crippen molar-refractivity contribution in [1.82, 2.24) is 15.0 Å². The van der Waals surface area contributed by atoms with Crippen molar-refractivity contribution < 1.29 is 18.8 Å². The molecule has 1 aromatic rings. The predicted octanol–water partition coefficient (Wildman–Crippen LogP) is 0.794. The molecule has 0 N–H and O–H groups in total. The van der Waals surface area contributed by atoms with Crippen LogP contribution in [0.25, 0.3) is 0 Å². The summed E-state index contributed by atoms with van der Waals surface area (Å²) in [5, 5.41) is 3.86. The van der Waals surface area contributed by atoms with E-state index in [1.807, 2.05) is 4.90 Å². The summed E-state index contributed by atoms with van der Waals surface area (Å²) in [5.41, 5.74) is 0.396. The first kappa shape index (κ1) is 16.4. The van der Waals surface area contributed by atoms with Gasteiger partial charge in [0, 0.05) is 44.8 Å². The van der Waals surface area contributed by atoms with E-state index in [0.29, 0.717) is 37.8 Å². The maximum atomic E-state index is 12.7. The monoisotopic (exact) mass is 323 g/mol. The van der Waals surface area contributed by atoms with Gasteiger partial charge >= 0.3 is 0 Å². The molecule has 0 aromatic carbocycles. The van der Waals surface area contributed by atoms with Gasteiger partial charge in [0.15, 0.2) is 5.69 Å². The average molecular weight is 323 g/mol. The zero-order chi connectivity index (χ0) is 16.3. The Balaban J connectivity index is 1.68. The van der Waals surface area contributed by atoms with Crippen LogP contribution in [-0.2, 0) is 9.47 Å². The van der Waals surface area contributed by atoms with Crippen LogP contribution < -0.4 is 0 Å². The van der Waals surface area contributed by atoms with E-state index in [9.17, 15) is 4.79 Å². The molecule has 3 rings (SSSR count). The van der Waals surface area contributed by atoms with Crippen molar-refractivity contribution in [2.24, 2.45) is 5.41 Å². The average Bonchev–Trinajstić information content (AvgIpc) is 3.08. The molecule has 0 aliphatic carbocycles. The zero-order valence-corrected chi connectivity index (χ0v) is 13.9. The van der Waals surface area contributed by atoms with Crippen molar-refractivity contribution in [3.8, 4) is 0 Å². The van der Waals surface area contributed by atoms with Crippen LogP contribution in [0.5, 0.6) is 0 Å². The summed E-state index contributed by atoms with van der Waals surface area (Å²) in [7, 11) is 1.72. The fourth-order valence-corrected chi connectivity index (χ4v) is 3.48. The zero-order valence-electron chi connectivity index (χ0n) is 13.9. The highest BCUT2D eigenvalue weighted by Gasteiger charge is 2.42. The van der Waals surface area contributed by atoms with Gasteiger partial charge in [0.2, 0.25) is 0 Å². The van der Waals surface area contributed by atoms with E-state index in [2.05, 4.69) is 10.1 Å². The molecule has 2 aliphatic rings. The lowest BCUT2D eigenvalue weighted by atomic mass is 9.87. The first-order valence-electron chi connectivity index (χ1n) is 8.14. The topological polar surface area (TPSA) is 68.0 Å². The number of nitrogens with zero attached hydrogens (tertiary/aromatic N) is 3. The number of likely N-dealkylation sites (tertiary alicyclic amines) is 1. The van der Waals surface area contributed by atoms with E-state index in [1.54, 1.807) is 20.1 Å². The van der Waals surface area contributed by atoms with E-state index in [4.69, 9.17) is 14.0 Å². The number of hydrogen-bond donors (Lipinski definition) is 0. The number of carbonyl (C=O) groups is 1. The van der Waals surface area contributed by atoms with Crippen LogP contribution in [-0.4, -0.2) is 80.5 Å². The molecule has 1 unspecified atom stereocenters. The lowest BCUT2D eigenvalue weighted by molar-refractivity contribution is 0.0624. The van der Waals surface area contributed by atoms with Crippen LogP contribution in [0.1, 0.15) is 22.7 Å². The summed E-state index contributed by atoms with van der Waals surface area (Å²) >= 11 is 0. The van der Waals surface area contributed by atoms with Gasteiger partial charge in [-0.25, -0.2) is 0 Å². The van der Waals surface area contributed by atoms with Crippen LogP contribution in [0.3, 0.4) is 0 Å². The van der Waals surface area contributed by atoms with Crippen molar-refractivity contribution >= 4 is 5.91 Å². The first-order chi connectivity index (χ1) is 11.1. The molecule has 2 fully saturated rings. The third kappa shape index (κ3) is 3.73. The number of hydrogen-bond acceptors (Lipinski definition) is 6. The second-order valence-corrected chi connectivity index (χ2v) is 6.62. The van der Waals surface area contributed by atoms with Gasteiger partial charge in [-0.15, -0.1) is 0 Å². The van der Waals surface area contributed by atoms with Gasteiger partial charge < -0.3 is 23.8 Å². The molecule has 0 bridgehead atoms. The lowest BCUT2D eigenvalue weighted by Crippen LogP contribution is -2.43. The molecule has 2 aliphatic heterocycles. The maximum absolute atomic E-state index is 12.7. The Kier molecular flexibility index (Phi) is 4.99. The Labute approximate surface area is 136 Å². The number of aryl methyl sites for hydroxylation is 1. The smallest absolute Gasteiger partial charge is 0.276 e. The Morgan fingerprint density at radius 2 is 2.30 bits per heavy atom. The van der Waals surface area contributed by atoms with E-state index >= 15 is 0 Å². The molecule has 1 atom stereocenters. The lowest BCUT2D eigenvalue weighted by Gasteiger charge is -2.31. The molecule has 128 valence electrons. The maximum Gasteiger partial charge on any atom is 0.276 e. The van der Waals surface area contributed by atoms with Crippen LogP contribution in [0.15, 0.2) is 10.6 Å². The standard InChI is InChI=1S/C16H25N3O4/c1-13-9-14(17-23-13)15(20)19-6-8-22-12-16(11-19)3-4-18(10-16)5-7-21-2/h9H,3-8,10-12H2,1-2H3. The molecule has 23 heavy (non-hydrogen) atoms. The van der Waals surface area contributed by atoms with E-state index in [0.717, 1.165) is 32.7 Å². The fraction of sp³-hybridized carbons (Fsp3) is 0.750. The highest BCUT2D eigenvalue weighted by atomic mass is 16.5. The Morgan fingerprint density at radius 1 is 1.43 bits per heavy atom. The highest BCUT2D eigenvalue weighted by molar-refractivity contribution is 5.92. The van der Waals surface area contributed by atoms with Crippen molar-refractivity contribution in [3.05, 3.63) is 17.5 Å². The summed E-state index contributed by atoms with van der Waals surface area (Å²) in [6.07, 6.45) is 1.04. The number of amides is 1. The van der Waals surface area contributed by atoms with Gasteiger partial charge in [-0.05, 0) is 19.9 Å². The first-order valence-corrected chi connectivity index (χ1v) is 8.14. The molecule has 1 amide bonds.